The first-order chi connectivity index (χ1) is 14.8. The van der Waals surface area contributed by atoms with Gasteiger partial charge < -0.3 is 18.6 Å². The summed E-state index contributed by atoms with van der Waals surface area (Å²) >= 11 is 0. The molecule has 0 aliphatic rings. The van der Waals surface area contributed by atoms with Crippen molar-refractivity contribution in [2.45, 2.75) is 24.8 Å². The number of esters is 1. The normalized spacial score (nSPS) is 11.3. The van der Waals surface area contributed by atoms with Gasteiger partial charge in [-0.1, -0.05) is 6.92 Å². The molecule has 166 valence electrons. The molecular weight excluding hydrogens is 428 g/mol. The van der Waals surface area contributed by atoms with Crippen LogP contribution in [0.25, 0.3) is 11.1 Å². The topological polar surface area (TPSA) is 126 Å². The summed E-state index contributed by atoms with van der Waals surface area (Å²) in [5.74, 6) is -0.559. The van der Waals surface area contributed by atoms with Gasteiger partial charge in [-0.15, -0.1) is 0 Å². The maximum Gasteiger partial charge on any atom is 0.420 e. The van der Waals surface area contributed by atoms with Crippen molar-refractivity contribution in [3.63, 3.8) is 0 Å². The van der Waals surface area contributed by atoms with E-state index in [-0.39, 0.29) is 34.8 Å². The Hall–Kier alpha value is -3.47. The number of oxazole rings is 1. The summed E-state index contributed by atoms with van der Waals surface area (Å²) < 4.78 is 49.6. The summed E-state index contributed by atoms with van der Waals surface area (Å²) in [6.45, 7) is 1.76. The Morgan fingerprint density at radius 2 is 1.77 bits per heavy atom. The van der Waals surface area contributed by atoms with E-state index in [2.05, 4.69) is 4.72 Å². The highest BCUT2D eigenvalue weighted by Gasteiger charge is 2.20. The third kappa shape index (κ3) is 5.00. The van der Waals surface area contributed by atoms with Crippen LogP contribution in [0.2, 0.25) is 0 Å². The molecule has 0 atom stereocenters. The number of aromatic nitrogens is 1. The lowest BCUT2D eigenvalue weighted by molar-refractivity contribution is -0.144. The lowest BCUT2D eigenvalue weighted by atomic mass is 10.3. The number of anilines is 1. The molecule has 1 N–H and O–H groups in total. The lowest BCUT2D eigenvalue weighted by Crippen LogP contribution is -2.21. The summed E-state index contributed by atoms with van der Waals surface area (Å²) in [5.41, 5.74) is 0.536. The van der Waals surface area contributed by atoms with Crippen LogP contribution in [0.3, 0.4) is 0 Å². The molecule has 0 aliphatic heterocycles. The van der Waals surface area contributed by atoms with Gasteiger partial charge in [-0.3, -0.25) is 14.1 Å². The first-order valence-corrected chi connectivity index (χ1v) is 10.8. The Labute approximate surface area is 178 Å². The van der Waals surface area contributed by atoms with Crippen LogP contribution < -0.4 is 20.0 Å². The molecule has 31 heavy (non-hydrogen) atoms. The van der Waals surface area contributed by atoms with Gasteiger partial charge in [0.05, 0.1) is 36.9 Å². The molecule has 0 saturated carbocycles. The molecule has 3 aromatic rings. The van der Waals surface area contributed by atoms with Crippen LogP contribution in [0.1, 0.15) is 13.3 Å². The number of nitrogens with one attached hydrogen (secondary N) is 1. The first-order valence-electron chi connectivity index (χ1n) is 9.32. The standard InChI is InChI=1S/C20H22N2O8S/c1-4-7-29-19(23)12-22-17-6-5-16(11-18(17)30-20(22)24)31(25,26)21-13-8-14(27-2)10-15(9-13)28-3/h5-6,8-11,21H,4,7,12H2,1-3H3. The number of carbonyl (C=O) groups is 1. The highest BCUT2D eigenvalue weighted by atomic mass is 32.2. The minimum atomic E-state index is -4.02. The predicted molar refractivity (Wildman–Crippen MR) is 112 cm³/mol. The van der Waals surface area contributed by atoms with Crippen LogP contribution in [-0.4, -0.2) is 39.8 Å². The number of rotatable bonds is 9. The number of methoxy groups -OCH3 is 2. The zero-order valence-electron chi connectivity index (χ0n) is 17.2. The van der Waals surface area contributed by atoms with Crippen molar-refractivity contribution in [2.24, 2.45) is 0 Å². The van der Waals surface area contributed by atoms with Crippen molar-refractivity contribution >= 4 is 32.8 Å². The van der Waals surface area contributed by atoms with E-state index in [0.29, 0.717) is 17.9 Å². The Morgan fingerprint density at radius 1 is 1.10 bits per heavy atom. The number of benzene rings is 2. The number of carbonyl (C=O) groups excluding carboxylic acids is 1. The van der Waals surface area contributed by atoms with Crippen LogP contribution in [0, 0.1) is 0 Å². The average Bonchev–Trinajstić information content (AvgIpc) is 3.05. The predicted octanol–water partition coefficient (Wildman–Crippen LogP) is 2.37. The average molecular weight is 450 g/mol. The van der Waals surface area contributed by atoms with Crippen LogP contribution in [0.5, 0.6) is 11.5 Å². The molecule has 1 aromatic heterocycles. The fraction of sp³-hybridized carbons (Fsp3) is 0.300. The van der Waals surface area contributed by atoms with Crippen LogP contribution in [-0.2, 0) is 26.1 Å². The van der Waals surface area contributed by atoms with Gasteiger partial charge in [-0.25, -0.2) is 13.2 Å². The summed E-state index contributed by atoms with van der Waals surface area (Å²) in [6, 6.07) is 8.52. The van der Waals surface area contributed by atoms with Crippen LogP contribution in [0.4, 0.5) is 5.69 Å². The lowest BCUT2D eigenvalue weighted by Gasteiger charge is -2.11. The van der Waals surface area contributed by atoms with Gasteiger partial charge in [0.2, 0.25) is 0 Å². The zero-order valence-corrected chi connectivity index (χ0v) is 18.0. The summed E-state index contributed by atoms with van der Waals surface area (Å²) in [6.07, 6.45) is 0.653. The van der Waals surface area contributed by atoms with Crippen molar-refractivity contribution in [3.8, 4) is 11.5 Å². The number of nitrogens with zero attached hydrogens (tertiary/aromatic N) is 1. The maximum atomic E-state index is 12.8. The molecule has 0 fully saturated rings. The van der Waals surface area contributed by atoms with E-state index in [1.54, 1.807) is 6.07 Å². The minimum absolute atomic E-state index is 0.0272. The molecule has 3 rings (SSSR count). The van der Waals surface area contributed by atoms with Gasteiger partial charge in [-0.05, 0) is 18.6 Å². The second kappa shape index (κ2) is 9.13. The first kappa shape index (κ1) is 22.2. The molecule has 0 saturated heterocycles. The number of sulfonamides is 1. The largest absolute Gasteiger partial charge is 0.497 e. The van der Waals surface area contributed by atoms with E-state index in [0.717, 1.165) is 4.57 Å². The summed E-state index contributed by atoms with van der Waals surface area (Å²) in [4.78, 5) is 23.9. The molecule has 0 amide bonds. The highest BCUT2D eigenvalue weighted by molar-refractivity contribution is 7.92. The van der Waals surface area contributed by atoms with E-state index < -0.39 is 21.7 Å². The van der Waals surface area contributed by atoms with Gasteiger partial charge >= 0.3 is 11.7 Å². The molecule has 2 aromatic carbocycles. The number of fused-ring (bicyclic) bond motifs is 1. The van der Waals surface area contributed by atoms with Gasteiger partial charge in [0.25, 0.3) is 10.0 Å². The van der Waals surface area contributed by atoms with Crippen molar-refractivity contribution in [3.05, 3.63) is 46.9 Å². The Balaban J connectivity index is 1.91. The minimum Gasteiger partial charge on any atom is -0.497 e. The van der Waals surface area contributed by atoms with Crippen molar-refractivity contribution in [1.82, 2.24) is 4.57 Å². The molecule has 0 bridgehead atoms. The van der Waals surface area contributed by atoms with Crippen molar-refractivity contribution in [1.29, 1.82) is 0 Å². The van der Waals surface area contributed by atoms with Gasteiger partial charge in [0.1, 0.15) is 18.0 Å². The second-order valence-electron chi connectivity index (χ2n) is 6.51. The zero-order chi connectivity index (χ0) is 22.6. The second-order valence-corrected chi connectivity index (χ2v) is 8.19. The molecule has 0 unspecified atom stereocenters. The SMILES string of the molecule is CCCOC(=O)Cn1c(=O)oc2cc(S(=O)(=O)Nc3cc(OC)cc(OC)c3)ccc21. The Bertz CT molecular complexity index is 1240. The van der Waals surface area contributed by atoms with Crippen LogP contribution >= 0.6 is 0 Å². The smallest absolute Gasteiger partial charge is 0.420 e. The molecule has 0 spiro atoms. The third-order valence-corrected chi connectivity index (χ3v) is 5.69. The molecule has 0 aliphatic carbocycles. The van der Waals surface area contributed by atoms with E-state index in [1.165, 1.54) is 44.6 Å². The third-order valence-electron chi connectivity index (χ3n) is 4.31. The fourth-order valence-corrected chi connectivity index (χ4v) is 3.89. The van der Waals surface area contributed by atoms with E-state index in [1.807, 2.05) is 6.92 Å². The molecule has 0 radical (unpaired) electrons. The highest BCUT2D eigenvalue weighted by Crippen LogP contribution is 2.28. The van der Waals surface area contributed by atoms with Crippen LogP contribution in [0.15, 0.2) is 50.5 Å². The monoisotopic (exact) mass is 450 g/mol. The van der Waals surface area contributed by atoms with Gasteiger partial charge in [-0.2, -0.15) is 0 Å². The van der Waals surface area contributed by atoms with Crippen molar-refractivity contribution < 1.29 is 31.8 Å². The molecule has 1 heterocycles. The van der Waals surface area contributed by atoms with E-state index in [4.69, 9.17) is 18.6 Å². The van der Waals surface area contributed by atoms with Gasteiger partial charge in [0.15, 0.2) is 5.58 Å². The maximum absolute atomic E-state index is 12.8. The number of hydrogen-bond acceptors (Lipinski definition) is 8. The summed E-state index contributed by atoms with van der Waals surface area (Å²) in [7, 11) is -1.12. The molecular formula is C20H22N2O8S. The Morgan fingerprint density at radius 3 is 2.39 bits per heavy atom. The van der Waals surface area contributed by atoms with E-state index >= 15 is 0 Å². The molecule has 11 heteroatoms. The van der Waals surface area contributed by atoms with Gasteiger partial charge in [0, 0.05) is 24.3 Å². The quantitative estimate of drug-likeness (QED) is 0.493. The van der Waals surface area contributed by atoms with Crippen molar-refractivity contribution in [2.75, 3.05) is 25.5 Å². The summed E-state index contributed by atoms with van der Waals surface area (Å²) in [5, 5.41) is 0. The molecule has 10 nitrogen and oxygen atoms in total. The number of ether oxygens (including phenoxy) is 3. The fourth-order valence-electron chi connectivity index (χ4n) is 2.83. The Kier molecular flexibility index (Phi) is 6.54. The van der Waals surface area contributed by atoms with E-state index in [9.17, 15) is 18.0 Å². The number of hydrogen-bond donors (Lipinski definition) is 1.